The Balaban J connectivity index is 0.000000421. The second kappa shape index (κ2) is 10.7. The number of aromatic hydroxyl groups is 2. The first kappa shape index (κ1) is 21.9. The number of carbonyl (C=O) groups is 2. The molecule has 0 amide bonds. The highest BCUT2D eigenvalue weighted by atomic mass is 16.5. The highest BCUT2D eigenvalue weighted by molar-refractivity contribution is 5.91. The number of hydrogen-bond acceptors (Lipinski definition) is 6. The summed E-state index contributed by atoms with van der Waals surface area (Å²) in [5.41, 5.74) is 1.98. The molecule has 0 unspecified atom stereocenters. The van der Waals surface area contributed by atoms with Gasteiger partial charge in [0.05, 0.1) is 18.2 Å². The molecule has 0 aliphatic rings. The quantitative estimate of drug-likeness (QED) is 0.613. The van der Waals surface area contributed by atoms with E-state index in [-0.39, 0.29) is 17.1 Å². The summed E-state index contributed by atoms with van der Waals surface area (Å²) in [6, 6.07) is 8.85. The van der Waals surface area contributed by atoms with Crippen molar-refractivity contribution >= 4 is 11.9 Å². The number of esters is 1. The molecule has 0 saturated heterocycles. The lowest BCUT2D eigenvalue weighted by Gasteiger charge is -2.02. The predicted molar refractivity (Wildman–Crippen MR) is 92.1 cm³/mol. The van der Waals surface area contributed by atoms with Gasteiger partial charge >= 0.3 is 11.9 Å². The fourth-order valence-corrected chi connectivity index (χ4v) is 1.78. The molecule has 7 nitrogen and oxygen atoms in total. The van der Waals surface area contributed by atoms with E-state index in [0.29, 0.717) is 11.1 Å². The molecular weight excluding hydrogens is 328 g/mol. The Morgan fingerprint density at radius 1 is 0.840 bits per heavy atom. The van der Waals surface area contributed by atoms with Crippen molar-refractivity contribution in [2.24, 2.45) is 0 Å². The summed E-state index contributed by atoms with van der Waals surface area (Å²) in [7, 11) is 2.31. The molecule has 2 rings (SSSR count). The third-order valence-electron chi connectivity index (χ3n) is 3.08. The van der Waals surface area contributed by atoms with E-state index in [1.807, 2.05) is 0 Å². The molecule has 2 aromatic rings. The van der Waals surface area contributed by atoms with Crippen LogP contribution in [-0.2, 0) is 4.74 Å². The Labute approximate surface area is 145 Å². The Bertz CT molecular complexity index is 723. The van der Waals surface area contributed by atoms with E-state index in [2.05, 4.69) is 4.74 Å². The molecule has 136 valence electrons. The number of aryl methyl sites for hydroxylation is 2. The minimum absolute atomic E-state index is 0.0204. The minimum Gasteiger partial charge on any atom is -0.508 e. The predicted octanol–water partition coefficient (Wildman–Crippen LogP) is 2.49. The van der Waals surface area contributed by atoms with Gasteiger partial charge in [-0.3, -0.25) is 0 Å². The Morgan fingerprint density at radius 3 is 1.60 bits per heavy atom. The fraction of sp³-hybridized carbons (Fsp3) is 0.222. The molecule has 0 atom stereocenters. The normalized spacial score (nSPS) is 9.00. The number of benzene rings is 2. The van der Waals surface area contributed by atoms with Crippen LogP contribution in [0.15, 0.2) is 36.4 Å². The van der Waals surface area contributed by atoms with E-state index in [0.717, 1.165) is 12.7 Å². The molecule has 25 heavy (non-hydrogen) atoms. The van der Waals surface area contributed by atoms with Crippen LogP contribution >= 0.6 is 0 Å². The number of aromatic carboxylic acids is 1. The van der Waals surface area contributed by atoms with Crippen LogP contribution in [0.2, 0.25) is 0 Å². The van der Waals surface area contributed by atoms with E-state index in [9.17, 15) is 9.59 Å². The molecule has 0 aromatic heterocycles. The van der Waals surface area contributed by atoms with Gasteiger partial charge in [0.1, 0.15) is 11.5 Å². The minimum atomic E-state index is -1.02. The van der Waals surface area contributed by atoms with Crippen molar-refractivity contribution in [2.45, 2.75) is 13.8 Å². The molecule has 2 aromatic carbocycles. The highest BCUT2D eigenvalue weighted by Crippen LogP contribution is 2.16. The van der Waals surface area contributed by atoms with Gasteiger partial charge in [0.25, 0.3) is 0 Å². The molecule has 7 heteroatoms. The van der Waals surface area contributed by atoms with Crippen LogP contribution in [0.4, 0.5) is 0 Å². The van der Waals surface area contributed by atoms with Gasteiger partial charge in [0.2, 0.25) is 0 Å². The SMILES string of the molecule is CO.COC(=O)c1cc(O)ccc1C.Cc1ccc(O)cc1C(=O)O. The van der Waals surface area contributed by atoms with Crippen LogP contribution in [0.5, 0.6) is 11.5 Å². The van der Waals surface area contributed by atoms with E-state index < -0.39 is 11.9 Å². The number of carboxylic acid groups (broad SMARTS) is 1. The number of methoxy groups -OCH3 is 1. The summed E-state index contributed by atoms with van der Waals surface area (Å²) < 4.78 is 4.52. The zero-order valence-electron chi connectivity index (χ0n) is 14.5. The van der Waals surface area contributed by atoms with Crippen LogP contribution in [0.25, 0.3) is 0 Å². The van der Waals surface area contributed by atoms with Gasteiger partial charge in [-0.1, -0.05) is 12.1 Å². The maximum atomic E-state index is 11.1. The van der Waals surface area contributed by atoms with Gasteiger partial charge in [0.15, 0.2) is 0 Å². The summed E-state index contributed by atoms with van der Waals surface area (Å²) >= 11 is 0. The average molecular weight is 350 g/mol. The Hall–Kier alpha value is -3.06. The second-order valence-corrected chi connectivity index (χ2v) is 4.80. The van der Waals surface area contributed by atoms with Crippen molar-refractivity contribution in [3.8, 4) is 11.5 Å². The van der Waals surface area contributed by atoms with Crippen molar-refractivity contribution in [3.63, 3.8) is 0 Å². The summed E-state index contributed by atoms with van der Waals surface area (Å²) in [4.78, 5) is 21.5. The topological polar surface area (TPSA) is 124 Å². The maximum Gasteiger partial charge on any atom is 0.338 e. The largest absolute Gasteiger partial charge is 0.508 e. The van der Waals surface area contributed by atoms with E-state index in [4.69, 9.17) is 20.4 Å². The molecule has 4 N–H and O–H groups in total. The maximum absolute atomic E-state index is 11.1. The summed E-state index contributed by atoms with van der Waals surface area (Å²) in [6.45, 7) is 3.47. The average Bonchev–Trinajstić information content (AvgIpc) is 2.60. The Morgan fingerprint density at radius 2 is 1.24 bits per heavy atom. The van der Waals surface area contributed by atoms with Crippen molar-refractivity contribution < 1.29 is 34.8 Å². The summed E-state index contributed by atoms with van der Waals surface area (Å²) in [5, 5.41) is 33.6. The van der Waals surface area contributed by atoms with Gasteiger partial charge in [-0.15, -0.1) is 0 Å². The molecule has 0 heterocycles. The van der Waals surface area contributed by atoms with Gasteiger partial charge in [-0.2, -0.15) is 0 Å². The smallest absolute Gasteiger partial charge is 0.338 e. The number of phenols is 2. The zero-order valence-corrected chi connectivity index (χ0v) is 14.5. The van der Waals surface area contributed by atoms with E-state index >= 15 is 0 Å². The third kappa shape index (κ3) is 6.92. The fourth-order valence-electron chi connectivity index (χ4n) is 1.78. The van der Waals surface area contributed by atoms with Gasteiger partial charge in [0, 0.05) is 7.11 Å². The highest BCUT2D eigenvalue weighted by Gasteiger charge is 2.09. The molecular formula is C18H22O7. The monoisotopic (exact) mass is 350 g/mol. The van der Waals surface area contributed by atoms with E-state index in [1.165, 1.54) is 31.4 Å². The lowest BCUT2D eigenvalue weighted by Crippen LogP contribution is -2.02. The van der Waals surface area contributed by atoms with Crippen LogP contribution in [0.3, 0.4) is 0 Å². The molecule has 0 aliphatic heterocycles. The van der Waals surface area contributed by atoms with Gasteiger partial charge in [-0.25, -0.2) is 9.59 Å². The first-order valence-electron chi connectivity index (χ1n) is 7.11. The van der Waals surface area contributed by atoms with Gasteiger partial charge in [-0.05, 0) is 49.2 Å². The molecule has 0 bridgehead atoms. The van der Waals surface area contributed by atoms with Crippen LogP contribution in [0.1, 0.15) is 31.8 Å². The Kier molecular flexibility index (Phi) is 9.36. The standard InChI is InChI=1S/C9H10O3.C8H8O3.CH4O/c1-6-3-4-7(10)5-8(6)9(11)12-2;1-5-2-3-6(9)4-7(5)8(10)11;1-2/h3-5,10H,1-2H3;2-4,9H,1H3,(H,10,11);2H,1H3. The summed E-state index contributed by atoms with van der Waals surface area (Å²) in [6.07, 6.45) is 0. The molecule has 0 aliphatic carbocycles. The molecule has 0 saturated carbocycles. The molecule has 0 radical (unpaired) electrons. The van der Waals surface area contributed by atoms with Crippen LogP contribution in [-0.4, -0.2) is 46.6 Å². The molecule has 0 spiro atoms. The number of phenolic OH excluding ortho intramolecular Hbond substituents is 2. The number of aliphatic hydroxyl groups is 1. The van der Waals surface area contributed by atoms with Crippen LogP contribution < -0.4 is 0 Å². The lowest BCUT2D eigenvalue weighted by molar-refractivity contribution is 0.0598. The van der Waals surface area contributed by atoms with Crippen LogP contribution in [0, 0.1) is 13.8 Å². The van der Waals surface area contributed by atoms with Crippen molar-refractivity contribution in [3.05, 3.63) is 58.7 Å². The third-order valence-corrected chi connectivity index (χ3v) is 3.08. The van der Waals surface area contributed by atoms with Crippen molar-refractivity contribution in [2.75, 3.05) is 14.2 Å². The zero-order chi connectivity index (χ0) is 19.6. The molecule has 0 fully saturated rings. The first-order valence-corrected chi connectivity index (χ1v) is 7.11. The second-order valence-electron chi connectivity index (χ2n) is 4.80. The van der Waals surface area contributed by atoms with Crippen molar-refractivity contribution in [1.82, 2.24) is 0 Å². The number of rotatable bonds is 2. The number of hydrogen-bond donors (Lipinski definition) is 4. The number of carbonyl (C=O) groups excluding carboxylic acids is 1. The van der Waals surface area contributed by atoms with Crippen molar-refractivity contribution in [1.29, 1.82) is 0 Å². The van der Waals surface area contributed by atoms with Gasteiger partial charge < -0.3 is 25.2 Å². The summed E-state index contributed by atoms with van der Waals surface area (Å²) in [5.74, 6) is -1.39. The lowest BCUT2D eigenvalue weighted by atomic mass is 10.1. The number of carboxylic acids is 1. The number of aliphatic hydroxyl groups excluding tert-OH is 1. The van der Waals surface area contributed by atoms with E-state index in [1.54, 1.807) is 26.0 Å². The number of ether oxygens (including phenoxy) is 1. The first-order chi connectivity index (χ1) is 11.8.